The van der Waals surface area contributed by atoms with Gasteiger partial charge < -0.3 is 15.4 Å². The molecule has 0 amide bonds. The molecule has 0 bridgehead atoms. The maximum Gasteiger partial charge on any atom is 0.341 e. The molecule has 6 nitrogen and oxygen atoms in total. The van der Waals surface area contributed by atoms with E-state index in [0.717, 1.165) is 42.8 Å². The molecule has 2 aromatic heterocycles. The largest absolute Gasteiger partial charge is 0.462 e. The molecule has 8 heteroatoms. The van der Waals surface area contributed by atoms with Crippen LogP contribution in [0, 0.1) is 0 Å². The first-order valence-electron chi connectivity index (χ1n) is 8.55. The molecule has 0 aromatic carbocycles. The molecule has 0 spiro atoms. The molecule has 0 radical (unpaired) electrons. The second-order valence-electron chi connectivity index (χ2n) is 5.77. The highest BCUT2D eigenvalue weighted by atomic mass is 32.1. The van der Waals surface area contributed by atoms with Gasteiger partial charge in [0, 0.05) is 23.7 Å². The van der Waals surface area contributed by atoms with Crippen LogP contribution in [-0.4, -0.2) is 27.5 Å². The highest BCUT2D eigenvalue weighted by molar-refractivity contribution is 7.80. The lowest BCUT2D eigenvalue weighted by Gasteiger charge is -2.12. The lowest BCUT2D eigenvalue weighted by atomic mass is 9.95. The van der Waals surface area contributed by atoms with Crippen LogP contribution in [0.25, 0.3) is 0 Å². The molecule has 134 valence electrons. The Balaban J connectivity index is 1.79. The van der Waals surface area contributed by atoms with Gasteiger partial charge in [-0.05, 0) is 57.3 Å². The molecule has 0 unspecified atom stereocenters. The summed E-state index contributed by atoms with van der Waals surface area (Å²) in [6.07, 6.45) is 6.08. The highest BCUT2D eigenvalue weighted by Gasteiger charge is 2.26. The molecule has 0 atom stereocenters. The minimum Gasteiger partial charge on any atom is -0.462 e. The molecule has 0 fully saturated rings. The van der Waals surface area contributed by atoms with Gasteiger partial charge in [-0.2, -0.15) is 5.10 Å². The summed E-state index contributed by atoms with van der Waals surface area (Å²) in [5.41, 5.74) is 1.76. The van der Waals surface area contributed by atoms with Gasteiger partial charge in [-0.3, -0.25) is 4.68 Å². The number of nitrogens with one attached hydrogen (secondary N) is 2. The number of esters is 1. The summed E-state index contributed by atoms with van der Waals surface area (Å²) in [7, 11) is 0. The molecule has 2 heterocycles. The SMILES string of the molecule is CCOC(=O)c1c(NC(=S)Nc2ccn(CC)n2)sc2c1CCCC2. The number of thiocarbonyl (C=S) groups is 1. The van der Waals surface area contributed by atoms with Gasteiger partial charge in [0.15, 0.2) is 10.9 Å². The second kappa shape index (κ2) is 7.97. The minimum atomic E-state index is -0.275. The van der Waals surface area contributed by atoms with Crippen molar-refractivity contribution in [1.82, 2.24) is 9.78 Å². The number of rotatable bonds is 5. The third kappa shape index (κ3) is 4.01. The Hall–Kier alpha value is -1.93. The summed E-state index contributed by atoms with van der Waals surface area (Å²) in [5.74, 6) is 0.404. The number of fused-ring (bicyclic) bond motifs is 1. The van der Waals surface area contributed by atoms with Crippen LogP contribution in [0.3, 0.4) is 0 Å². The average Bonchev–Trinajstić information content (AvgIpc) is 3.18. The monoisotopic (exact) mass is 378 g/mol. The zero-order valence-corrected chi connectivity index (χ0v) is 16.1. The van der Waals surface area contributed by atoms with Crippen molar-refractivity contribution in [2.75, 3.05) is 17.2 Å². The van der Waals surface area contributed by atoms with Crippen LogP contribution in [-0.2, 0) is 24.1 Å². The van der Waals surface area contributed by atoms with Gasteiger partial charge in [0.05, 0.1) is 12.2 Å². The van der Waals surface area contributed by atoms with Gasteiger partial charge in [-0.1, -0.05) is 0 Å². The Labute approximate surface area is 156 Å². The van der Waals surface area contributed by atoms with E-state index in [2.05, 4.69) is 15.7 Å². The van der Waals surface area contributed by atoms with E-state index in [0.29, 0.717) is 23.1 Å². The van der Waals surface area contributed by atoms with E-state index < -0.39 is 0 Å². The van der Waals surface area contributed by atoms with E-state index >= 15 is 0 Å². The molecule has 0 saturated carbocycles. The first-order chi connectivity index (χ1) is 12.1. The van der Waals surface area contributed by atoms with E-state index in [4.69, 9.17) is 17.0 Å². The molecular weight excluding hydrogens is 356 g/mol. The van der Waals surface area contributed by atoms with Crippen molar-refractivity contribution in [1.29, 1.82) is 0 Å². The molecule has 0 aliphatic heterocycles. The van der Waals surface area contributed by atoms with Crippen LogP contribution in [0.1, 0.15) is 47.5 Å². The third-order valence-corrected chi connectivity index (χ3v) is 5.50. The predicted octanol–water partition coefficient (Wildman–Crippen LogP) is 3.83. The molecule has 0 saturated heterocycles. The zero-order chi connectivity index (χ0) is 17.8. The van der Waals surface area contributed by atoms with Crippen LogP contribution in [0.2, 0.25) is 0 Å². The molecular formula is C17H22N4O2S2. The van der Waals surface area contributed by atoms with Crippen LogP contribution in [0.4, 0.5) is 10.8 Å². The topological polar surface area (TPSA) is 68.2 Å². The molecule has 2 aromatic rings. The lowest BCUT2D eigenvalue weighted by molar-refractivity contribution is 0.0526. The van der Waals surface area contributed by atoms with Gasteiger partial charge >= 0.3 is 5.97 Å². The normalized spacial score (nSPS) is 13.2. The molecule has 1 aliphatic carbocycles. The maximum atomic E-state index is 12.4. The molecule has 1 aliphatic rings. The number of carbonyl (C=O) groups is 1. The van der Waals surface area contributed by atoms with Crippen molar-refractivity contribution in [2.45, 2.75) is 46.1 Å². The summed E-state index contributed by atoms with van der Waals surface area (Å²) in [4.78, 5) is 13.7. The van der Waals surface area contributed by atoms with E-state index in [1.165, 1.54) is 4.88 Å². The minimum absolute atomic E-state index is 0.275. The summed E-state index contributed by atoms with van der Waals surface area (Å²) >= 11 is 7.00. The van der Waals surface area contributed by atoms with Crippen LogP contribution in [0.15, 0.2) is 12.3 Å². The third-order valence-electron chi connectivity index (χ3n) is 4.08. The predicted molar refractivity (Wildman–Crippen MR) is 105 cm³/mol. The van der Waals surface area contributed by atoms with E-state index in [-0.39, 0.29) is 5.97 Å². The highest BCUT2D eigenvalue weighted by Crippen LogP contribution is 2.38. The number of aromatic nitrogens is 2. The smallest absolute Gasteiger partial charge is 0.341 e. The fraction of sp³-hybridized carbons (Fsp3) is 0.471. The Kier molecular flexibility index (Phi) is 5.70. The fourth-order valence-corrected chi connectivity index (χ4v) is 4.48. The Morgan fingerprint density at radius 2 is 2.16 bits per heavy atom. The van der Waals surface area contributed by atoms with Gasteiger partial charge in [0.25, 0.3) is 0 Å². The van der Waals surface area contributed by atoms with Crippen LogP contribution in [0.5, 0.6) is 0 Å². The summed E-state index contributed by atoms with van der Waals surface area (Å²) in [5, 5.41) is 11.8. The maximum absolute atomic E-state index is 12.4. The average molecular weight is 379 g/mol. The zero-order valence-electron chi connectivity index (χ0n) is 14.4. The first kappa shape index (κ1) is 17.9. The molecule has 3 rings (SSSR count). The second-order valence-corrected chi connectivity index (χ2v) is 7.28. The molecule has 25 heavy (non-hydrogen) atoms. The lowest BCUT2D eigenvalue weighted by Crippen LogP contribution is -2.21. The van der Waals surface area contributed by atoms with Crippen molar-refractivity contribution >= 4 is 45.5 Å². The van der Waals surface area contributed by atoms with Crippen LogP contribution < -0.4 is 10.6 Å². The number of hydrogen-bond acceptors (Lipinski definition) is 5. The van der Waals surface area contributed by atoms with Crippen molar-refractivity contribution in [2.24, 2.45) is 0 Å². The number of thiophene rings is 1. The van der Waals surface area contributed by atoms with E-state index in [1.807, 2.05) is 30.8 Å². The number of ether oxygens (including phenoxy) is 1. The first-order valence-corrected chi connectivity index (χ1v) is 9.78. The van der Waals surface area contributed by atoms with Crippen molar-refractivity contribution in [3.05, 3.63) is 28.3 Å². The van der Waals surface area contributed by atoms with Crippen molar-refractivity contribution in [3.8, 4) is 0 Å². The number of nitrogens with zero attached hydrogens (tertiary/aromatic N) is 2. The Bertz CT molecular complexity index is 782. The standard InChI is InChI=1S/C17H22N4O2S2/c1-3-21-10-9-13(20-21)18-17(24)19-15-14(16(22)23-4-2)11-7-5-6-8-12(11)25-15/h9-10H,3-8H2,1-2H3,(H2,18,19,20,24). The van der Waals surface area contributed by atoms with Gasteiger partial charge in [-0.15, -0.1) is 11.3 Å². The number of hydrogen-bond donors (Lipinski definition) is 2. The quantitative estimate of drug-likeness (QED) is 0.609. The van der Waals surface area contributed by atoms with Crippen LogP contribution >= 0.6 is 23.6 Å². The number of anilines is 2. The summed E-state index contributed by atoms with van der Waals surface area (Å²) < 4.78 is 7.08. The van der Waals surface area contributed by atoms with Crippen molar-refractivity contribution in [3.63, 3.8) is 0 Å². The fourth-order valence-electron chi connectivity index (χ4n) is 2.93. The van der Waals surface area contributed by atoms with Gasteiger partial charge in [0.2, 0.25) is 0 Å². The Morgan fingerprint density at radius 1 is 1.36 bits per heavy atom. The van der Waals surface area contributed by atoms with E-state index in [1.54, 1.807) is 11.3 Å². The molecule has 2 N–H and O–H groups in total. The van der Waals surface area contributed by atoms with Gasteiger partial charge in [0.1, 0.15) is 5.00 Å². The summed E-state index contributed by atoms with van der Waals surface area (Å²) in [6.45, 7) is 5.00. The summed E-state index contributed by atoms with van der Waals surface area (Å²) in [6, 6.07) is 1.86. The number of aryl methyl sites for hydroxylation is 2. The van der Waals surface area contributed by atoms with Gasteiger partial charge in [-0.25, -0.2) is 4.79 Å². The number of carbonyl (C=O) groups excluding carboxylic acids is 1. The van der Waals surface area contributed by atoms with Crippen molar-refractivity contribution < 1.29 is 9.53 Å². The van der Waals surface area contributed by atoms with E-state index in [9.17, 15) is 4.79 Å². The Morgan fingerprint density at radius 3 is 2.88 bits per heavy atom.